The molecule has 0 aliphatic carbocycles. The molecule has 29 heavy (non-hydrogen) atoms. The Hall–Kier alpha value is -2.71. The van der Waals surface area contributed by atoms with Crippen molar-refractivity contribution in [2.24, 2.45) is 0 Å². The maximum absolute atomic E-state index is 13.2. The lowest BCUT2D eigenvalue weighted by atomic mass is 9.87. The largest absolute Gasteiger partial charge is 0.329 e. The average molecular weight is 414 g/mol. The summed E-state index contributed by atoms with van der Waals surface area (Å²) in [5.74, 6) is -0.135. The molecule has 152 valence electrons. The zero-order chi connectivity index (χ0) is 20.4. The van der Waals surface area contributed by atoms with Gasteiger partial charge in [-0.25, -0.2) is 9.69 Å². The van der Waals surface area contributed by atoms with Crippen LogP contribution in [0.2, 0.25) is 0 Å². The highest BCUT2D eigenvalue weighted by Crippen LogP contribution is 2.31. The molecule has 2 N–H and O–H groups in total. The molecule has 0 saturated carbocycles. The number of imide groups is 1. The van der Waals surface area contributed by atoms with E-state index in [0.29, 0.717) is 39.3 Å². The Bertz CT molecular complexity index is 894. The van der Waals surface area contributed by atoms with E-state index in [9.17, 15) is 14.4 Å². The SMILES string of the molecule is CC[C@@]1(c2ccccc2)NC(=O)N(C[NH+]2CCN(C(=O)c3cccs3)CC2)C1=O. The molecule has 0 radical (unpaired) electrons. The van der Waals surface area contributed by atoms with Crippen molar-refractivity contribution in [3.63, 3.8) is 0 Å². The minimum absolute atomic E-state index is 0.0584. The number of carbonyl (C=O) groups excluding carboxylic acids is 3. The van der Waals surface area contributed by atoms with E-state index in [2.05, 4.69) is 5.32 Å². The van der Waals surface area contributed by atoms with E-state index in [1.54, 1.807) is 0 Å². The molecule has 4 amide bonds. The number of hydrogen-bond acceptors (Lipinski definition) is 4. The molecule has 8 heteroatoms. The van der Waals surface area contributed by atoms with Gasteiger partial charge in [-0.05, 0) is 23.4 Å². The van der Waals surface area contributed by atoms with Gasteiger partial charge in [0.15, 0.2) is 6.67 Å². The van der Waals surface area contributed by atoms with Gasteiger partial charge in [-0.3, -0.25) is 9.59 Å². The summed E-state index contributed by atoms with van der Waals surface area (Å²) in [4.78, 5) is 43.4. The van der Waals surface area contributed by atoms with Crippen LogP contribution < -0.4 is 10.2 Å². The van der Waals surface area contributed by atoms with Crippen LogP contribution in [-0.2, 0) is 10.3 Å². The first-order valence-electron chi connectivity index (χ1n) is 9.91. The number of rotatable bonds is 5. The van der Waals surface area contributed by atoms with Crippen molar-refractivity contribution >= 4 is 29.2 Å². The van der Waals surface area contributed by atoms with Crippen LogP contribution in [-0.4, -0.2) is 60.5 Å². The Morgan fingerprint density at radius 1 is 1.14 bits per heavy atom. The van der Waals surface area contributed by atoms with Crippen LogP contribution in [0.4, 0.5) is 4.79 Å². The summed E-state index contributed by atoms with van der Waals surface area (Å²) >= 11 is 1.45. The number of nitrogens with zero attached hydrogens (tertiary/aromatic N) is 2. The molecule has 2 saturated heterocycles. The molecular weight excluding hydrogens is 388 g/mol. The van der Waals surface area contributed by atoms with E-state index < -0.39 is 5.54 Å². The molecule has 1 aromatic carbocycles. The highest BCUT2D eigenvalue weighted by atomic mass is 32.1. The van der Waals surface area contributed by atoms with Gasteiger partial charge < -0.3 is 15.1 Å². The Morgan fingerprint density at radius 3 is 2.48 bits per heavy atom. The van der Waals surface area contributed by atoms with Crippen molar-refractivity contribution in [2.75, 3.05) is 32.8 Å². The van der Waals surface area contributed by atoms with E-state index >= 15 is 0 Å². The first-order valence-corrected chi connectivity index (χ1v) is 10.8. The lowest BCUT2D eigenvalue weighted by Crippen LogP contribution is -3.16. The van der Waals surface area contributed by atoms with E-state index in [-0.39, 0.29) is 17.8 Å². The number of hydrogen-bond donors (Lipinski definition) is 2. The number of carbonyl (C=O) groups is 3. The van der Waals surface area contributed by atoms with Gasteiger partial charge in [0, 0.05) is 0 Å². The lowest BCUT2D eigenvalue weighted by Gasteiger charge is -2.33. The third-order valence-electron chi connectivity index (χ3n) is 5.84. The summed E-state index contributed by atoms with van der Waals surface area (Å²) < 4.78 is 0. The summed E-state index contributed by atoms with van der Waals surface area (Å²) in [5, 5.41) is 4.83. The molecule has 2 fully saturated rings. The highest BCUT2D eigenvalue weighted by molar-refractivity contribution is 7.12. The summed E-state index contributed by atoms with van der Waals surface area (Å²) in [6.07, 6.45) is 0.497. The van der Waals surface area contributed by atoms with Gasteiger partial charge in [-0.2, -0.15) is 0 Å². The predicted molar refractivity (Wildman–Crippen MR) is 110 cm³/mol. The van der Waals surface area contributed by atoms with Crippen LogP contribution in [0.3, 0.4) is 0 Å². The molecular formula is C21H25N4O3S+. The minimum Gasteiger partial charge on any atom is -0.327 e. The Morgan fingerprint density at radius 2 is 1.86 bits per heavy atom. The normalized spacial score (nSPS) is 22.8. The molecule has 4 rings (SSSR count). The summed E-state index contributed by atoms with van der Waals surface area (Å²) in [5.41, 5.74) is -0.181. The third kappa shape index (κ3) is 3.54. The zero-order valence-electron chi connectivity index (χ0n) is 16.4. The van der Waals surface area contributed by atoms with Crippen LogP contribution in [0.25, 0.3) is 0 Å². The standard InChI is InChI=1S/C21H24N4O3S/c1-2-21(16-7-4-3-5-8-16)19(27)25(20(28)22-21)15-23-10-12-24(13-11-23)18(26)17-9-6-14-29-17/h3-9,14H,2,10-13,15H2,1H3,(H,22,28)/p+1/t21-/m0/s1. The Balaban J connectivity index is 1.41. The molecule has 7 nitrogen and oxygen atoms in total. The molecule has 0 bridgehead atoms. The number of amides is 4. The van der Waals surface area contributed by atoms with Crippen molar-refractivity contribution in [3.8, 4) is 0 Å². The van der Waals surface area contributed by atoms with Gasteiger partial charge in [-0.1, -0.05) is 43.3 Å². The number of nitrogens with one attached hydrogen (secondary N) is 2. The second kappa shape index (κ2) is 7.96. The first-order chi connectivity index (χ1) is 14.0. The Labute approximate surface area is 173 Å². The van der Waals surface area contributed by atoms with Crippen LogP contribution >= 0.6 is 11.3 Å². The molecule has 0 spiro atoms. The number of urea groups is 1. The summed E-state index contributed by atoms with van der Waals surface area (Å²) in [6, 6.07) is 12.8. The fraction of sp³-hybridized carbons (Fsp3) is 0.381. The quantitative estimate of drug-likeness (QED) is 0.716. The molecule has 2 aromatic rings. The maximum Gasteiger partial charge on any atom is 0.329 e. The molecule has 1 aromatic heterocycles. The second-order valence-corrected chi connectivity index (χ2v) is 8.41. The van der Waals surface area contributed by atoms with Crippen LogP contribution in [0.1, 0.15) is 28.6 Å². The molecule has 2 aliphatic heterocycles. The van der Waals surface area contributed by atoms with Crippen LogP contribution in [0, 0.1) is 0 Å². The van der Waals surface area contributed by atoms with Gasteiger partial charge in [0.25, 0.3) is 11.8 Å². The van der Waals surface area contributed by atoms with Crippen molar-refractivity contribution in [1.29, 1.82) is 0 Å². The monoisotopic (exact) mass is 413 g/mol. The predicted octanol–water partition coefficient (Wildman–Crippen LogP) is 0.904. The number of piperazine rings is 1. The fourth-order valence-corrected chi connectivity index (χ4v) is 4.79. The number of benzene rings is 1. The third-order valence-corrected chi connectivity index (χ3v) is 6.70. The molecule has 0 unspecified atom stereocenters. The fourth-order valence-electron chi connectivity index (χ4n) is 4.10. The first kappa shape index (κ1) is 19.6. The average Bonchev–Trinajstić information content (AvgIpc) is 3.38. The smallest absolute Gasteiger partial charge is 0.327 e. The van der Waals surface area contributed by atoms with Crippen molar-refractivity contribution in [2.45, 2.75) is 18.9 Å². The van der Waals surface area contributed by atoms with Gasteiger partial charge >= 0.3 is 6.03 Å². The second-order valence-electron chi connectivity index (χ2n) is 7.47. The molecule has 3 heterocycles. The number of thiophene rings is 1. The summed E-state index contributed by atoms with van der Waals surface area (Å²) in [7, 11) is 0. The van der Waals surface area contributed by atoms with E-state index in [0.717, 1.165) is 15.3 Å². The van der Waals surface area contributed by atoms with E-state index in [1.165, 1.54) is 16.2 Å². The van der Waals surface area contributed by atoms with Crippen molar-refractivity contribution in [3.05, 3.63) is 58.3 Å². The van der Waals surface area contributed by atoms with Gasteiger partial charge in [-0.15, -0.1) is 11.3 Å². The maximum atomic E-state index is 13.2. The molecule has 2 aliphatic rings. The van der Waals surface area contributed by atoms with E-state index in [4.69, 9.17) is 0 Å². The summed E-state index contributed by atoms with van der Waals surface area (Å²) in [6.45, 7) is 4.88. The lowest BCUT2D eigenvalue weighted by molar-refractivity contribution is -0.911. The van der Waals surface area contributed by atoms with E-state index in [1.807, 2.05) is 59.7 Å². The Kier molecular flexibility index (Phi) is 5.38. The number of quaternary nitrogens is 1. The van der Waals surface area contributed by atoms with Crippen molar-refractivity contribution < 1.29 is 19.3 Å². The zero-order valence-corrected chi connectivity index (χ0v) is 17.2. The van der Waals surface area contributed by atoms with Gasteiger partial charge in [0.05, 0.1) is 31.1 Å². The minimum atomic E-state index is -0.991. The highest BCUT2D eigenvalue weighted by Gasteiger charge is 2.52. The van der Waals surface area contributed by atoms with Crippen molar-refractivity contribution in [1.82, 2.24) is 15.1 Å². The van der Waals surface area contributed by atoms with Crippen LogP contribution in [0.15, 0.2) is 47.8 Å². The topological polar surface area (TPSA) is 74.2 Å². The van der Waals surface area contributed by atoms with Gasteiger partial charge in [0.2, 0.25) is 0 Å². The van der Waals surface area contributed by atoms with Gasteiger partial charge in [0.1, 0.15) is 5.54 Å². The van der Waals surface area contributed by atoms with Crippen LogP contribution in [0.5, 0.6) is 0 Å². The molecule has 1 atom stereocenters.